The molecule has 3 rings (SSSR count). The lowest BCUT2D eigenvalue weighted by atomic mass is 10.0. The Balaban J connectivity index is 1.81. The monoisotopic (exact) mass is 296 g/mol. The highest BCUT2D eigenvalue weighted by molar-refractivity contribution is 5.46. The minimum absolute atomic E-state index is 0.0905. The van der Waals surface area contributed by atoms with Gasteiger partial charge in [0.25, 0.3) is 0 Å². The first kappa shape index (κ1) is 14.4. The van der Waals surface area contributed by atoms with Gasteiger partial charge in [-0.05, 0) is 23.3 Å². The first-order chi connectivity index (χ1) is 10.8. The van der Waals surface area contributed by atoms with Crippen molar-refractivity contribution in [1.82, 2.24) is 5.32 Å². The number of fused-ring (bicyclic) bond motifs is 1. The largest absolute Gasteiger partial charge is 0.454 e. The van der Waals surface area contributed by atoms with E-state index in [1.165, 1.54) is 0 Å². The molecule has 0 amide bonds. The zero-order valence-electron chi connectivity index (χ0n) is 11.9. The van der Waals surface area contributed by atoms with Crippen LogP contribution in [0.15, 0.2) is 48.5 Å². The van der Waals surface area contributed by atoms with E-state index in [-0.39, 0.29) is 19.4 Å². The fourth-order valence-electron chi connectivity index (χ4n) is 2.44. The Morgan fingerprint density at radius 1 is 1.09 bits per heavy atom. The van der Waals surface area contributed by atoms with E-state index in [0.29, 0.717) is 11.5 Å². The van der Waals surface area contributed by atoms with E-state index in [9.17, 15) is 10.4 Å². The molecule has 0 radical (unpaired) electrons. The quantitative estimate of drug-likeness (QED) is 0.885. The lowest BCUT2D eigenvalue weighted by Gasteiger charge is -2.21. The van der Waals surface area contributed by atoms with Crippen LogP contribution in [0.2, 0.25) is 0 Å². The Morgan fingerprint density at radius 3 is 2.59 bits per heavy atom. The third-order valence-corrected chi connectivity index (χ3v) is 3.61. The van der Waals surface area contributed by atoms with Gasteiger partial charge in [-0.3, -0.25) is 5.32 Å². The fourth-order valence-corrected chi connectivity index (χ4v) is 2.44. The number of hydrogen-bond donors (Lipinski definition) is 2. The summed E-state index contributed by atoms with van der Waals surface area (Å²) in [5, 5.41) is 22.2. The molecule has 2 atom stereocenters. The van der Waals surface area contributed by atoms with E-state index >= 15 is 0 Å². The predicted octanol–water partition coefficient (Wildman–Crippen LogP) is 2.30. The van der Waals surface area contributed by atoms with Crippen LogP contribution < -0.4 is 14.8 Å². The van der Waals surface area contributed by atoms with E-state index < -0.39 is 6.04 Å². The molecule has 0 fully saturated rings. The van der Waals surface area contributed by atoms with Crippen LogP contribution in [0.4, 0.5) is 0 Å². The van der Waals surface area contributed by atoms with Crippen molar-refractivity contribution in [2.45, 2.75) is 12.1 Å². The lowest BCUT2D eigenvalue weighted by molar-refractivity contribution is 0.174. The van der Waals surface area contributed by atoms with Gasteiger partial charge in [-0.25, -0.2) is 0 Å². The summed E-state index contributed by atoms with van der Waals surface area (Å²) in [6.07, 6.45) is 0. The molecule has 0 saturated heterocycles. The topological polar surface area (TPSA) is 74.5 Å². The normalized spacial score (nSPS) is 15.1. The summed E-state index contributed by atoms with van der Waals surface area (Å²) in [5.41, 5.74) is 1.71. The minimum Gasteiger partial charge on any atom is -0.454 e. The molecule has 1 aliphatic heterocycles. The van der Waals surface area contributed by atoms with Gasteiger partial charge in [0.15, 0.2) is 11.5 Å². The second-order valence-corrected chi connectivity index (χ2v) is 4.99. The number of benzene rings is 2. The van der Waals surface area contributed by atoms with Gasteiger partial charge in [-0.2, -0.15) is 5.26 Å². The molecule has 2 aromatic carbocycles. The number of rotatable bonds is 5. The summed E-state index contributed by atoms with van der Waals surface area (Å²) in [6.45, 7) is 0.111. The second-order valence-electron chi connectivity index (χ2n) is 4.99. The summed E-state index contributed by atoms with van der Waals surface area (Å²) in [6, 6.07) is 16.3. The Labute approximate surface area is 128 Å². The van der Waals surface area contributed by atoms with Crippen LogP contribution in [0.5, 0.6) is 11.5 Å². The molecule has 2 N–H and O–H groups in total. The average Bonchev–Trinajstić information content (AvgIpc) is 3.04. The molecule has 5 heteroatoms. The van der Waals surface area contributed by atoms with Gasteiger partial charge < -0.3 is 14.6 Å². The smallest absolute Gasteiger partial charge is 0.231 e. The van der Waals surface area contributed by atoms with Crippen LogP contribution in [-0.2, 0) is 0 Å². The van der Waals surface area contributed by atoms with Crippen LogP contribution in [0.1, 0.15) is 23.2 Å². The maximum Gasteiger partial charge on any atom is 0.231 e. The van der Waals surface area contributed by atoms with E-state index in [4.69, 9.17) is 9.47 Å². The van der Waals surface area contributed by atoms with Crippen molar-refractivity contribution in [3.05, 3.63) is 59.7 Å². The van der Waals surface area contributed by atoms with Gasteiger partial charge in [0.05, 0.1) is 18.7 Å². The molecule has 1 aliphatic rings. The summed E-state index contributed by atoms with van der Waals surface area (Å²) >= 11 is 0. The van der Waals surface area contributed by atoms with Crippen molar-refractivity contribution < 1.29 is 14.6 Å². The van der Waals surface area contributed by atoms with Crippen molar-refractivity contribution in [1.29, 1.82) is 5.26 Å². The van der Waals surface area contributed by atoms with E-state index in [0.717, 1.165) is 11.1 Å². The molecule has 0 aromatic heterocycles. The Morgan fingerprint density at radius 2 is 1.86 bits per heavy atom. The van der Waals surface area contributed by atoms with Gasteiger partial charge in [0.2, 0.25) is 6.79 Å². The zero-order chi connectivity index (χ0) is 15.4. The second kappa shape index (κ2) is 6.48. The van der Waals surface area contributed by atoms with Crippen molar-refractivity contribution in [3.8, 4) is 17.6 Å². The Hall–Kier alpha value is -2.55. The number of nitrogens with one attached hydrogen (secondary N) is 1. The highest BCUT2D eigenvalue weighted by Gasteiger charge is 2.21. The SMILES string of the molecule is N#CC(NC(CO)c1ccccc1)c1ccc2c(c1)OCO2. The Kier molecular flexibility index (Phi) is 4.24. The first-order valence-corrected chi connectivity index (χ1v) is 7.03. The molecular weight excluding hydrogens is 280 g/mol. The average molecular weight is 296 g/mol. The molecular formula is C17H16N2O3. The maximum atomic E-state index is 9.61. The fraction of sp³-hybridized carbons (Fsp3) is 0.235. The Bertz CT molecular complexity index is 682. The number of ether oxygens (including phenoxy) is 2. The van der Waals surface area contributed by atoms with Gasteiger partial charge in [-0.15, -0.1) is 0 Å². The predicted molar refractivity (Wildman–Crippen MR) is 80.3 cm³/mol. The van der Waals surface area contributed by atoms with Crippen LogP contribution in [0, 0.1) is 11.3 Å². The molecule has 2 unspecified atom stereocenters. The van der Waals surface area contributed by atoms with E-state index in [1.807, 2.05) is 36.4 Å². The molecule has 0 aliphatic carbocycles. The highest BCUT2D eigenvalue weighted by atomic mass is 16.7. The van der Waals surface area contributed by atoms with Crippen LogP contribution >= 0.6 is 0 Å². The number of aliphatic hydroxyl groups excluding tert-OH is 1. The first-order valence-electron chi connectivity index (χ1n) is 7.03. The number of aliphatic hydroxyl groups is 1. The van der Waals surface area contributed by atoms with E-state index in [1.54, 1.807) is 12.1 Å². The van der Waals surface area contributed by atoms with Crippen molar-refractivity contribution >= 4 is 0 Å². The van der Waals surface area contributed by atoms with Gasteiger partial charge in [0, 0.05) is 0 Å². The van der Waals surface area contributed by atoms with E-state index in [2.05, 4.69) is 11.4 Å². The van der Waals surface area contributed by atoms with Crippen LogP contribution in [-0.4, -0.2) is 18.5 Å². The standard InChI is InChI=1S/C17H16N2O3/c18-9-14(13-6-7-16-17(8-13)22-11-21-16)19-15(10-20)12-4-2-1-3-5-12/h1-8,14-15,19-20H,10-11H2. The molecule has 0 bridgehead atoms. The van der Waals surface area contributed by atoms with Crippen molar-refractivity contribution in [2.24, 2.45) is 0 Å². The van der Waals surface area contributed by atoms with Crippen LogP contribution in [0.25, 0.3) is 0 Å². The van der Waals surface area contributed by atoms with Crippen LogP contribution in [0.3, 0.4) is 0 Å². The lowest BCUT2D eigenvalue weighted by Crippen LogP contribution is -2.28. The molecule has 112 valence electrons. The minimum atomic E-state index is -0.549. The third-order valence-electron chi connectivity index (χ3n) is 3.61. The van der Waals surface area contributed by atoms with Gasteiger partial charge in [-0.1, -0.05) is 36.4 Å². The third kappa shape index (κ3) is 2.89. The highest BCUT2D eigenvalue weighted by Crippen LogP contribution is 2.34. The number of hydrogen-bond acceptors (Lipinski definition) is 5. The summed E-state index contributed by atoms with van der Waals surface area (Å²) in [5.74, 6) is 1.32. The van der Waals surface area contributed by atoms with Crippen molar-refractivity contribution in [2.75, 3.05) is 13.4 Å². The molecule has 0 saturated carbocycles. The van der Waals surface area contributed by atoms with Gasteiger partial charge in [0.1, 0.15) is 6.04 Å². The number of nitrogens with zero attached hydrogens (tertiary/aromatic N) is 1. The van der Waals surface area contributed by atoms with Crippen molar-refractivity contribution in [3.63, 3.8) is 0 Å². The summed E-state index contributed by atoms with van der Waals surface area (Å²) in [7, 11) is 0. The molecule has 5 nitrogen and oxygen atoms in total. The summed E-state index contributed by atoms with van der Waals surface area (Å²) in [4.78, 5) is 0. The molecule has 2 aromatic rings. The zero-order valence-corrected chi connectivity index (χ0v) is 11.9. The molecule has 22 heavy (non-hydrogen) atoms. The summed E-state index contributed by atoms with van der Waals surface area (Å²) < 4.78 is 10.6. The maximum absolute atomic E-state index is 9.61. The van der Waals surface area contributed by atoms with Gasteiger partial charge >= 0.3 is 0 Å². The number of nitriles is 1. The molecule has 1 heterocycles. The molecule has 0 spiro atoms.